The summed E-state index contributed by atoms with van der Waals surface area (Å²) in [5.74, 6) is -0.0988. The summed E-state index contributed by atoms with van der Waals surface area (Å²) in [6, 6.07) is 19.7. The maximum Gasteiger partial charge on any atom is 0.255 e. The Bertz CT molecular complexity index is 993. The Morgan fingerprint density at radius 3 is 2.30 bits per heavy atom. The highest BCUT2D eigenvalue weighted by Gasteiger charge is 2.20. The largest absolute Gasteiger partial charge is 0.351 e. The lowest BCUT2D eigenvalue weighted by Gasteiger charge is -2.15. The van der Waals surface area contributed by atoms with Gasteiger partial charge < -0.3 is 10.2 Å². The van der Waals surface area contributed by atoms with Gasteiger partial charge in [0.25, 0.3) is 5.91 Å². The third-order valence-electron chi connectivity index (χ3n) is 5.32. The highest BCUT2D eigenvalue weighted by molar-refractivity contribution is 6.00. The summed E-state index contributed by atoms with van der Waals surface area (Å²) in [6.07, 6.45) is 4.25. The van der Waals surface area contributed by atoms with Crippen LogP contribution in [0.1, 0.15) is 35.2 Å². The molecule has 0 saturated carbocycles. The number of carbonyl (C=O) groups excluding carboxylic acids is 2. The van der Waals surface area contributed by atoms with Crippen molar-refractivity contribution in [2.45, 2.75) is 25.8 Å². The number of nitrogens with one attached hydrogen (secondary N) is 1. The van der Waals surface area contributed by atoms with Crippen LogP contribution in [0.5, 0.6) is 0 Å². The lowest BCUT2D eigenvalue weighted by molar-refractivity contribution is -0.129. The number of benzene rings is 2. The molecular weight excluding hydrogens is 376 g/mol. The average Bonchev–Trinajstić information content (AvgIpc) is 3.45. The predicted molar refractivity (Wildman–Crippen MR) is 116 cm³/mol. The Labute approximate surface area is 176 Å². The van der Waals surface area contributed by atoms with Crippen LogP contribution < -0.4 is 5.32 Å². The number of hydrogen-bond donors (Lipinski definition) is 1. The Balaban J connectivity index is 1.48. The second kappa shape index (κ2) is 9.39. The molecule has 3 aromatic rings. The van der Waals surface area contributed by atoms with Crippen LogP contribution in [-0.4, -0.2) is 46.1 Å². The van der Waals surface area contributed by atoms with Crippen LogP contribution in [0.2, 0.25) is 0 Å². The molecule has 1 aromatic heterocycles. The second-order valence-corrected chi connectivity index (χ2v) is 7.53. The van der Waals surface area contributed by atoms with Gasteiger partial charge in [0, 0.05) is 37.8 Å². The van der Waals surface area contributed by atoms with Crippen LogP contribution in [-0.2, 0) is 11.3 Å². The predicted octanol–water partition coefficient (Wildman–Crippen LogP) is 3.34. The van der Waals surface area contributed by atoms with Crippen molar-refractivity contribution in [3.8, 4) is 11.3 Å². The van der Waals surface area contributed by atoms with E-state index in [9.17, 15) is 9.59 Å². The Morgan fingerprint density at radius 2 is 1.60 bits per heavy atom. The van der Waals surface area contributed by atoms with Crippen molar-refractivity contribution < 1.29 is 9.59 Å². The van der Waals surface area contributed by atoms with Crippen molar-refractivity contribution in [3.05, 3.63) is 78.0 Å². The molecule has 2 amide bonds. The van der Waals surface area contributed by atoms with Crippen molar-refractivity contribution in [2.75, 3.05) is 19.6 Å². The molecule has 30 heavy (non-hydrogen) atoms. The fraction of sp³-hybridized carbons (Fsp3) is 0.292. The first-order valence-corrected chi connectivity index (χ1v) is 10.4. The normalized spacial score (nSPS) is 13.4. The molecule has 0 bridgehead atoms. The topological polar surface area (TPSA) is 67.2 Å². The van der Waals surface area contributed by atoms with Crippen LogP contribution in [0.3, 0.4) is 0 Å². The van der Waals surface area contributed by atoms with Crippen molar-refractivity contribution in [1.82, 2.24) is 20.0 Å². The maximum absolute atomic E-state index is 12.9. The number of likely N-dealkylation sites (tertiary alicyclic amines) is 1. The van der Waals surface area contributed by atoms with Gasteiger partial charge in [0.05, 0.1) is 12.1 Å². The standard InChI is InChI=1S/C24H26N4O2/c29-22(27-15-7-8-16-27)13-14-25-24(30)21-18-28(17-19-9-3-1-4-10-19)26-23(21)20-11-5-2-6-12-20/h1-6,9-12,18H,7-8,13-17H2,(H,25,30). The van der Waals surface area contributed by atoms with E-state index in [0.29, 0.717) is 30.8 Å². The fourth-order valence-electron chi connectivity index (χ4n) is 3.75. The Kier molecular flexibility index (Phi) is 6.23. The van der Waals surface area contributed by atoms with E-state index in [4.69, 9.17) is 0 Å². The Morgan fingerprint density at radius 1 is 0.933 bits per heavy atom. The minimum Gasteiger partial charge on any atom is -0.351 e. The summed E-state index contributed by atoms with van der Waals surface area (Å²) in [5.41, 5.74) is 3.17. The summed E-state index contributed by atoms with van der Waals surface area (Å²) in [7, 11) is 0. The zero-order valence-electron chi connectivity index (χ0n) is 17.0. The van der Waals surface area contributed by atoms with E-state index >= 15 is 0 Å². The van der Waals surface area contributed by atoms with Crippen molar-refractivity contribution in [1.29, 1.82) is 0 Å². The lowest BCUT2D eigenvalue weighted by Crippen LogP contribution is -2.32. The highest BCUT2D eigenvalue weighted by atomic mass is 16.2. The van der Waals surface area contributed by atoms with Gasteiger partial charge in [-0.15, -0.1) is 0 Å². The van der Waals surface area contributed by atoms with Gasteiger partial charge in [-0.1, -0.05) is 60.7 Å². The van der Waals surface area contributed by atoms with Crippen LogP contribution in [0.15, 0.2) is 66.9 Å². The second-order valence-electron chi connectivity index (χ2n) is 7.53. The maximum atomic E-state index is 12.9. The molecule has 0 atom stereocenters. The molecule has 0 spiro atoms. The molecular formula is C24H26N4O2. The number of nitrogens with zero attached hydrogens (tertiary/aromatic N) is 3. The molecule has 1 aliphatic rings. The van der Waals surface area contributed by atoms with Gasteiger partial charge in [0.2, 0.25) is 5.91 Å². The van der Waals surface area contributed by atoms with Crippen LogP contribution in [0.4, 0.5) is 0 Å². The SMILES string of the molecule is O=C(NCCC(=O)N1CCCC1)c1cn(Cc2ccccc2)nc1-c1ccccc1. The smallest absolute Gasteiger partial charge is 0.255 e. The molecule has 4 rings (SSSR count). The molecule has 0 radical (unpaired) electrons. The van der Waals surface area contributed by atoms with Crippen LogP contribution in [0.25, 0.3) is 11.3 Å². The van der Waals surface area contributed by atoms with Gasteiger partial charge in [-0.2, -0.15) is 5.10 Å². The zero-order valence-corrected chi connectivity index (χ0v) is 17.0. The average molecular weight is 402 g/mol. The van der Waals surface area contributed by atoms with Gasteiger partial charge in [0.15, 0.2) is 0 Å². The van der Waals surface area contributed by atoms with E-state index in [-0.39, 0.29) is 11.8 Å². The highest BCUT2D eigenvalue weighted by Crippen LogP contribution is 2.22. The van der Waals surface area contributed by atoms with Gasteiger partial charge >= 0.3 is 0 Å². The summed E-state index contributed by atoms with van der Waals surface area (Å²) in [6.45, 7) is 2.57. The number of amides is 2. The van der Waals surface area contributed by atoms with E-state index < -0.39 is 0 Å². The summed E-state index contributed by atoms with van der Waals surface area (Å²) in [4.78, 5) is 27.0. The Hall–Kier alpha value is -3.41. The molecule has 6 heteroatoms. The van der Waals surface area contributed by atoms with Crippen molar-refractivity contribution in [2.24, 2.45) is 0 Å². The minimum atomic E-state index is -0.206. The summed E-state index contributed by atoms with van der Waals surface area (Å²) in [5, 5.41) is 7.58. The van der Waals surface area contributed by atoms with E-state index in [1.165, 1.54) is 0 Å². The zero-order chi connectivity index (χ0) is 20.8. The summed E-state index contributed by atoms with van der Waals surface area (Å²) >= 11 is 0. The van der Waals surface area contributed by atoms with Gasteiger partial charge in [0.1, 0.15) is 5.69 Å². The molecule has 1 saturated heterocycles. The molecule has 1 N–H and O–H groups in total. The molecule has 0 unspecified atom stereocenters. The molecule has 1 aliphatic heterocycles. The van der Waals surface area contributed by atoms with Gasteiger partial charge in [-0.3, -0.25) is 14.3 Å². The molecule has 0 aliphatic carbocycles. The number of hydrogen-bond acceptors (Lipinski definition) is 3. The van der Waals surface area contributed by atoms with Gasteiger partial charge in [-0.05, 0) is 18.4 Å². The van der Waals surface area contributed by atoms with Crippen molar-refractivity contribution >= 4 is 11.8 Å². The first-order chi connectivity index (χ1) is 14.7. The third-order valence-corrected chi connectivity index (χ3v) is 5.32. The molecule has 2 aromatic carbocycles. The van der Waals surface area contributed by atoms with Gasteiger partial charge in [-0.25, -0.2) is 0 Å². The first kappa shape index (κ1) is 19.9. The molecule has 2 heterocycles. The molecule has 1 fully saturated rings. The molecule has 6 nitrogen and oxygen atoms in total. The first-order valence-electron chi connectivity index (χ1n) is 10.4. The van der Waals surface area contributed by atoms with Crippen LogP contribution in [0, 0.1) is 0 Å². The lowest BCUT2D eigenvalue weighted by atomic mass is 10.1. The quantitative estimate of drug-likeness (QED) is 0.659. The van der Waals surface area contributed by atoms with E-state index in [0.717, 1.165) is 37.1 Å². The number of aromatic nitrogens is 2. The van der Waals surface area contributed by atoms with E-state index in [1.807, 2.05) is 65.6 Å². The third kappa shape index (κ3) is 4.76. The monoisotopic (exact) mass is 402 g/mol. The van der Waals surface area contributed by atoms with E-state index in [2.05, 4.69) is 10.4 Å². The number of rotatable bonds is 7. The van der Waals surface area contributed by atoms with Crippen LogP contribution >= 0.6 is 0 Å². The molecule has 154 valence electrons. The minimum absolute atomic E-state index is 0.107. The van der Waals surface area contributed by atoms with Crippen molar-refractivity contribution in [3.63, 3.8) is 0 Å². The van der Waals surface area contributed by atoms with E-state index in [1.54, 1.807) is 10.9 Å². The fourth-order valence-corrected chi connectivity index (χ4v) is 3.75. The summed E-state index contributed by atoms with van der Waals surface area (Å²) < 4.78 is 1.79. The number of carbonyl (C=O) groups is 2.